The van der Waals surface area contributed by atoms with E-state index < -0.39 is 0 Å². The fourth-order valence-corrected chi connectivity index (χ4v) is 2.51. The average molecular weight is 272 g/mol. The van der Waals surface area contributed by atoms with Crippen molar-refractivity contribution in [2.75, 3.05) is 0 Å². The number of aromatic nitrogens is 2. The van der Waals surface area contributed by atoms with Crippen LogP contribution in [-0.4, -0.2) is 21.9 Å². The largest absolute Gasteiger partial charge is 0.348 e. The summed E-state index contributed by atoms with van der Waals surface area (Å²) in [5, 5.41) is 0. The Bertz CT molecular complexity index is 498. The molecule has 2 atom stereocenters. The lowest BCUT2D eigenvalue weighted by Gasteiger charge is -2.30. The molecule has 0 aliphatic carbocycles. The fourth-order valence-electron chi connectivity index (χ4n) is 2.51. The van der Waals surface area contributed by atoms with E-state index in [4.69, 9.17) is 9.47 Å². The third kappa shape index (κ3) is 3.68. The maximum atomic E-state index is 6.01. The fraction of sp³-hybridized carbons (Fsp3) is 0.438. The van der Waals surface area contributed by atoms with Crippen molar-refractivity contribution in [3.05, 3.63) is 54.6 Å². The molecule has 2 aromatic rings. The van der Waals surface area contributed by atoms with E-state index >= 15 is 0 Å². The average Bonchev–Trinajstić information content (AvgIpc) is 3.00. The maximum Gasteiger partial charge on any atom is 0.158 e. The molecule has 0 N–H and O–H groups in total. The number of nitrogens with zero attached hydrogens (tertiary/aromatic N) is 2. The van der Waals surface area contributed by atoms with Crippen LogP contribution in [0.1, 0.15) is 24.8 Å². The predicted molar refractivity (Wildman–Crippen MR) is 76.0 cm³/mol. The van der Waals surface area contributed by atoms with Crippen LogP contribution in [0.25, 0.3) is 0 Å². The van der Waals surface area contributed by atoms with E-state index in [-0.39, 0.29) is 12.4 Å². The van der Waals surface area contributed by atoms with Crippen molar-refractivity contribution in [2.45, 2.75) is 44.8 Å². The summed E-state index contributed by atoms with van der Waals surface area (Å²) in [4.78, 5) is 4.06. The molecule has 0 bridgehead atoms. The minimum absolute atomic E-state index is 0.0857. The van der Waals surface area contributed by atoms with Crippen LogP contribution in [0.5, 0.6) is 0 Å². The number of hydrogen-bond donors (Lipinski definition) is 0. The zero-order valence-electron chi connectivity index (χ0n) is 11.5. The monoisotopic (exact) mass is 272 g/mol. The van der Waals surface area contributed by atoms with Crippen LogP contribution in [0, 0.1) is 0 Å². The molecule has 0 radical (unpaired) electrons. The lowest BCUT2D eigenvalue weighted by atomic mass is 10.1. The Labute approximate surface area is 119 Å². The first kappa shape index (κ1) is 13.3. The van der Waals surface area contributed by atoms with Gasteiger partial charge in [0.05, 0.1) is 19.0 Å². The van der Waals surface area contributed by atoms with E-state index in [0.29, 0.717) is 6.61 Å². The highest BCUT2D eigenvalue weighted by Crippen LogP contribution is 2.22. The molecule has 1 saturated heterocycles. The summed E-state index contributed by atoms with van der Waals surface area (Å²) in [6.07, 6.45) is 8.95. The van der Waals surface area contributed by atoms with Gasteiger partial charge in [0.15, 0.2) is 6.29 Å². The van der Waals surface area contributed by atoms with Crippen molar-refractivity contribution >= 4 is 0 Å². The van der Waals surface area contributed by atoms with Gasteiger partial charge in [-0.25, -0.2) is 4.98 Å². The van der Waals surface area contributed by atoms with Crippen molar-refractivity contribution in [3.8, 4) is 0 Å². The summed E-state index contributed by atoms with van der Waals surface area (Å²) >= 11 is 0. The molecule has 1 aromatic carbocycles. The smallest absolute Gasteiger partial charge is 0.158 e. The molecule has 1 aliphatic heterocycles. The molecule has 106 valence electrons. The molecular weight excluding hydrogens is 252 g/mol. The molecule has 4 heteroatoms. The molecule has 0 saturated carbocycles. The van der Waals surface area contributed by atoms with Crippen molar-refractivity contribution in [1.82, 2.24) is 9.55 Å². The summed E-state index contributed by atoms with van der Waals surface area (Å²) in [6, 6.07) is 10.2. The van der Waals surface area contributed by atoms with E-state index in [9.17, 15) is 0 Å². The van der Waals surface area contributed by atoms with Gasteiger partial charge in [-0.1, -0.05) is 30.3 Å². The molecule has 2 heterocycles. The van der Waals surface area contributed by atoms with Crippen LogP contribution in [-0.2, 0) is 22.6 Å². The minimum Gasteiger partial charge on any atom is -0.348 e. The highest BCUT2D eigenvalue weighted by Gasteiger charge is 2.23. The van der Waals surface area contributed by atoms with Gasteiger partial charge >= 0.3 is 0 Å². The summed E-state index contributed by atoms with van der Waals surface area (Å²) < 4.78 is 13.9. The van der Waals surface area contributed by atoms with Gasteiger partial charge in [0, 0.05) is 18.9 Å². The number of hydrogen-bond acceptors (Lipinski definition) is 3. The second-order valence-corrected chi connectivity index (χ2v) is 5.17. The SMILES string of the molecule is c1ccc(CO[C@@H]2CCC[C@H](Cn3ccnc3)O2)cc1. The van der Waals surface area contributed by atoms with E-state index in [2.05, 4.69) is 21.7 Å². The van der Waals surface area contributed by atoms with Crippen LogP contribution in [0.15, 0.2) is 49.1 Å². The number of ether oxygens (including phenoxy) is 2. The van der Waals surface area contributed by atoms with Crippen LogP contribution in [0.3, 0.4) is 0 Å². The van der Waals surface area contributed by atoms with Gasteiger partial charge in [-0.05, 0) is 24.8 Å². The van der Waals surface area contributed by atoms with Gasteiger partial charge in [0.2, 0.25) is 0 Å². The summed E-state index contributed by atoms with van der Waals surface area (Å²) in [5.74, 6) is 0. The summed E-state index contributed by atoms with van der Waals surface area (Å²) in [5.41, 5.74) is 1.19. The zero-order valence-corrected chi connectivity index (χ0v) is 11.5. The predicted octanol–water partition coefficient (Wildman–Crippen LogP) is 3.00. The maximum absolute atomic E-state index is 6.01. The quantitative estimate of drug-likeness (QED) is 0.839. The highest BCUT2D eigenvalue weighted by molar-refractivity contribution is 5.13. The molecule has 0 spiro atoms. The zero-order chi connectivity index (χ0) is 13.6. The first-order chi connectivity index (χ1) is 9.90. The highest BCUT2D eigenvalue weighted by atomic mass is 16.7. The first-order valence-electron chi connectivity index (χ1n) is 7.17. The van der Waals surface area contributed by atoms with Gasteiger partial charge in [0.1, 0.15) is 0 Å². The third-order valence-corrected chi connectivity index (χ3v) is 3.56. The molecule has 0 unspecified atom stereocenters. The molecule has 20 heavy (non-hydrogen) atoms. The lowest BCUT2D eigenvalue weighted by Crippen LogP contribution is -2.32. The van der Waals surface area contributed by atoms with E-state index in [0.717, 1.165) is 25.8 Å². The molecule has 3 rings (SSSR count). The van der Waals surface area contributed by atoms with Crippen molar-refractivity contribution in [1.29, 1.82) is 0 Å². The van der Waals surface area contributed by atoms with E-state index in [1.807, 2.05) is 30.7 Å². The van der Waals surface area contributed by atoms with Crippen LogP contribution in [0.2, 0.25) is 0 Å². The van der Waals surface area contributed by atoms with Crippen molar-refractivity contribution < 1.29 is 9.47 Å². The van der Waals surface area contributed by atoms with Gasteiger partial charge in [-0.3, -0.25) is 0 Å². The molecule has 1 aliphatic rings. The summed E-state index contributed by atoms with van der Waals surface area (Å²) in [6.45, 7) is 1.47. The number of benzene rings is 1. The topological polar surface area (TPSA) is 36.3 Å². The normalized spacial score (nSPS) is 22.8. The Morgan fingerprint density at radius 3 is 2.95 bits per heavy atom. The van der Waals surface area contributed by atoms with Crippen LogP contribution >= 0.6 is 0 Å². The van der Waals surface area contributed by atoms with Crippen LogP contribution in [0.4, 0.5) is 0 Å². The Hall–Kier alpha value is -1.65. The van der Waals surface area contributed by atoms with Crippen LogP contribution < -0.4 is 0 Å². The van der Waals surface area contributed by atoms with Gasteiger partial charge in [0.25, 0.3) is 0 Å². The Morgan fingerprint density at radius 1 is 1.25 bits per heavy atom. The van der Waals surface area contributed by atoms with E-state index in [1.54, 1.807) is 6.20 Å². The Balaban J connectivity index is 1.48. The van der Waals surface area contributed by atoms with E-state index in [1.165, 1.54) is 5.56 Å². The second kappa shape index (κ2) is 6.68. The number of imidazole rings is 1. The van der Waals surface area contributed by atoms with Gasteiger partial charge in [-0.2, -0.15) is 0 Å². The Kier molecular flexibility index (Phi) is 4.46. The van der Waals surface area contributed by atoms with Crippen molar-refractivity contribution in [2.24, 2.45) is 0 Å². The second-order valence-electron chi connectivity index (χ2n) is 5.17. The lowest BCUT2D eigenvalue weighted by molar-refractivity contribution is -0.201. The first-order valence-corrected chi connectivity index (χ1v) is 7.17. The third-order valence-electron chi connectivity index (χ3n) is 3.56. The Morgan fingerprint density at radius 2 is 2.15 bits per heavy atom. The molecule has 1 fully saturated rings. The molecular formula is C16H20N2O2. The number of rotatable bonds is 5. The van der Waals surface area contributed by atoms with Gasteiger partial charge in [-0.15, -0.1) is 0 Å². The molecule has 1 aromatic heterocycles. The van der Waals surface area contributed by atoms with Crippen molar-refractivity contribution in [3.63, 3.8) is 0 Å². The molecule has 0 amide bonds. The van der Waals surface area contributed by atoms with Gasteiger partial charge < -0.3 is 14.0 Å². The summed E-state index contributed by atoms with van der Waals surface area (Å²) in [7, 11) is 0. The molecule has 4 nitrogen and oxygen atoms in total. The standard InChI is InChI=1S/C16H20N2O2/c1-2-5-14(6-3-1)12-19-16-8-4-7-15(20-16)11-18-10-9-17-13-18/h1-3,5-6,9-10,13,15-16H,4,7-8,11-12H2/t15-,16+/m1/s1. The minimum atomic E-state index is -0.0857.